The van der Waals surface area contributed by atoms with Crippen LogP contribution in [0, 0.1) is 5.92 Å². The van der Waals surface area contributed by atoms with Gasteiger partial charge in [-0.25, -0.2) is 0 Å². The molecule has 0 saturated heterocycles. The molecule has 0 fully saturated rings. The van der Waals surface area contributed by atoms with Crippen LogP contribution in [-0.4, -0.2) is 50.3 Å². The summed E-state index contributed by atoms with van der Waals surface area (Å²) in [6.07, 6.45) is 0. The molecule has 0 amide bonds. The molecular weight excluding hydrogens is 200 g/mol. The van der Waals surface area contributed by atoms with Crippen molar-refractivity contribution in [2.45, 2.75) is 52.7 Å². The Morgan fingerprint density at radius 1 is 1.12 bits per heavy atom. The molecule has 0 aromatic carbocycles. The minimum absolute atomic E-state index is 0.464. The Bertz CT molecular complexity index is 171. The molecule has 0 saturated carbocycles. The van der Waals surface area contributed by atoms with Gasteiger partial charge in [-0.1, -0.05) is 27.7 Å². The first-order valence-electron chi connectivity index (χ1n) is 6.34. The Morgan fingerprint density at radius 3 is 2.06 bits per heavy atom. The smallest absolute Gasteiger partial charge is 0.0615 e. The van der Waals surface area contributed by atoms with Gasteiger partial charge in [0.2, 0.25) is 0 Å². The highest BCUT2D eigenvalue weighted by Gasteiger charge is 2.22. The van der Waals surface area contributed by atoms with E-state index in [0.717, 1.165) is 13.2 Å². The van der Waals surface area contributed by atoms with Crippen LogP contribution >= 0.6 is 0 Å². The molecule has 0 aliphatic carbocycles. The van der Waals surface area contributed by atoms with Gasteiger partial charge in [-0.15, -0.1) is 0 Å². The standard InChI is InChI=1S/C13H30N2O/c1-10(2)13(8-14-11(3)4)15(6)12(5)9-16-7/h10-14H,8-9H2,1-7H3. The van der Waals surface area contributed by atoms with Gasteiger partial charge in [-0.05, 0) is 19.9 Å². The molecule has 3 heteroatoms. The monoisotopic (exact) mass is 230 g/mol. The summed E-state index contributed by atoms with van der Waals surface area (Å²) < 4.78 is 5.22. The van der Waals surface area contributed by atoms with Crippen LogP contribution in [-0.2, 0) is 4.74 Å². The van der Waals surface area contributed by atoms with Crippen LogP contribution in [0.2, 0.25) is 0 Å². The van der Waals surface area contributed by atoms with E-state index in [2.05, 4.69) is 51.9 Å². The molecule has 0 bridgehead atoms. The molecule has 3 nitrogen and oxygen atoms in total. The number of hydrogen-bond acceptors (Lipinski definition) is 3. The van der Waals surface area contributed by atoms with Gasteiger partial charge in [0, 0.05) is 31.8 Å². The average Bonchev–Trinajstić information content (AvgIpc) is 2.17. The van der Waals surface area contributed by atoms with Gasteiger partial charge in [0.05, 0.1) is 6.61 Å². The van der Waals surface area contributed by atoms with Crippen LogP contribution in [0.15, 0.2) is 0 Å². The highest BCUT2D eigenvalue weighted by Crippen LogP contribution is 2.12. The van der Waals surface area contributed by atoms with Crippen molar-refractivity contribution in [2.75, 3.05) is 27.3 Å². The lowest BCUT2D eigenvalue weighted by Crippen LogP contribution is -2.49. The van der Waals surface area contributed by atoms with Crippen LogP contribution in [0.25, 0.3) is 0 Å². The first kappa shape index (κ1) is 15.9. The molecule has 0 aromatic heterocycles. The average molecular weight is 230 g/mol. The van der Waals surface area contributed by atoms with Crippen LogP contribution < -0.4 is 5.32 Å². The first-order valence-corrected chi connectivity index (χ1v) is 6.34. The fourth-order valence-corrected chi connectivity index (χ4v) is 1.89. The molecule has 1 N–H and O–H groups in total. The number of rotatable bonds is 8. The van der Waals surface area contributed by atoms with Crippen molar-refractivity contribution in [2.24, 2.45) is 5.92 Å². The third-order valence-corrected chi connectivity index (χ3v) is 3.13. The Hall–Kier alpha value is -0.120. The lowest BCUT2D eigenvalue weighted by atomic mass is 10.0. The zero-order chi connectivity index (χ0) is 12.7. The van der Waals surface area contributed by atoms with Crippen molar-refractivity contribution in [1.29, 1.82) is 0 Å². The van der Waals surface area contributed by atoms with Gasteiger partial charge < -0.3 is 10.1 Å². The highest BCUT2D eigenvalue weighted by atomic mass is 16.5. The van der Waals surface area contributed by atoms with Gasteiger partial charge >= 0.3 is 0 Å². The van der Waals surface area contributed by atoms with Crippen molar-refractivity contribution >= 4 is 0 Å². The molecule has 16 heavy (non-hydrogen) atoms. The molecule has 0 heterocycles. The molecule has 0 aromatic rings. The third kappa shape index (κ3) is 5.83. The number of ether oxygens (including phenoxy) is 1. The lowest BCUT2D eigenvalue weighted by molar-refractivity contribution is 0.0722. The van der Waals surface area contributed by atoms with E-state index >= 15 is 0 Å². The van der Waals surface area contributed by atoms with E-state index in [9.17, 15) is 0 Å². The van der Waals surface area contributed by atoms with Gasteiger partial charge in [0.15, 0.2) is 0 Å². The molecule has 0 radical (unpaired) electrons. The van der Waals surface area contributed by atoms with E-state index in [1.54, 1.807) is 7.11 Å². The maximum Gasteiger partial charge on any atom is 0.0615 e. The summed E-state index contributed by atoms with van der Waals surface area (Å²) in [5.74, 6) is 0.649. The van der Waals surface area contributed by atoms with Gasteiger partial charge in [0.1, 0.15) is 0 Å². The van der Waals surface area contributed by atoms with Crippen molar-refractivity contribution in [3.05, 3.63) is 0 Å². The molecule has 0 rings (SSSR count). The topological polar surface area (TPSA) is 24.5 Å². The van der Waals surface area contributed by atoms with Crippen molar-refractivity contribution in [3.63, 3.8) is 0 Å². The number of nitrogens with one attached hydrogen (secondary N) is 1. The molecular formula is C13H30N2O. The maximum atomic E-state index is 5.22. The minimum atomic E-state index is 0.464. The SMILES string of the molecule is COCC(C)N(C)C(CNC(C)C)C(C)C. The van der Waals surface area contributed by atoms with E-state index in [-0.39, 0.29) is 0 Å². The Morgan fingerprint density at radius 2 is 1.69 bits per heavy atom. The second kappa shape index (κ2) is 8.04. The normalized spacial score (nSPS) is 16.1. The van der Waals surface area contributed by atoms with Crippen LogP contribution in [0.3, 0.4) is 0 Å². The van der Waals surface area contributed by atoms with Gasteiger partial charge in [-0.2, -0.15) is 0 Å². The highest BCUT2D eigenvalue weighted by molar-refractivity contribution is 4.79. The predicted octanol–water partition coefficient (Wildman–Crippen LogP) is 1.98. The van der Waals surface area contributed by atoms with E-state index in [1.165, 1.54) is 0 Å². The van der Waals surface area contributed by atoms with E-state index in [0.29, 0.717) is 24.0 Å². The second-order valence-corrected chi connectivity index (χ2v) is 5.34. The minimum Gasteiger partial charge on any atom is -0.383 e. The summed E-state index contributed by atoms with van der Waals surface area (Å²) in [5, 5.41) is 3.52. The molecule has 2 atom stereocenters. The van der Waals surface area contributed by atoms with Crippen molar-refractivity contribution in [3.8, 4) is 0 Å². The largest absolute Gasteiger partial charge is 0.383 e. The number of methoxy groups -OCH3 is 1. The summed E-state index contributed by atoms with van der Waals surface area (Å²) in [4.78, 5) is 2.42. The van der Waals surface area contributed by atoms with Crippen LogP contribution in [0.5, 0.6) is 0 Å². The third-order valence-electron chi connectivity index (χ3n) is 3.13. The van der Waals surface area contributed by atoms with Crippen molar-refractivity contribution in [1.82, 2.24) is 10.2 Å². The predicted molar refractivity (Wildman–Crippen MR) is 70.9 cm³/mol. The zero-order valence-electron chi connectivity index (χ0n) is 12.1. The van der Waals surface area contributed by atoms with E-state index in [1.807, 2.05) is 0 Å². The Kier molecular flexibility index (Phi) is 7.98. The summed E-state index contributed by atoms with van der Waals surface area (Å²) in [6.45, 7) is 13.0. The number of likely N-dealkylation sites (N-methyl/N-ethyl adjacent to an activating group) is 1. The summed E-state index contributed by atoms with van der Waals surface area (Å²) in [5.41, 5.74) is 0. The summed E-state index contributed by atoms with van der Waals surface area (Å²) >= 11 is 0. The van der Waals surface area contributed by atoms with E-state index < -0.39 is 0 Å². The molecule has 98 valence electrons. The summed E-state index contributed by atoms with van der Waals surface area (Å²) in [7, 11) is 3.96. The molecule has 2 unspecified atom stereocenters. The van der Waals surface area contributed by atoms with E-state index in [4.69, 9.17) is 4.74 Å². The molecule has 0 aliphatic heterocycles. The first-order chi connectivity index (χ1) is 7.40. The fourth-order valence-electron chi connectivity index (χ4n) is 1.89. The van der Waals surface area contributed by atoms with Crippen LogP contribution in [0.1, 0.15) is 34.6 Å². The Labute approximate surface area is 102 Å². The zero-order valence-corrected chi connectivity index (χ0v) is 12.1. The number of nitrogens with zero attached hydrogens (tertiary/aromatic N) is 1. The number of hydrogen-bond donors (Lipinski definition) is 1. The lowest BCUT2D eigenvalue weighted by Gasteiger charge is -2.36. The quantitative estimate of drug-likeness (QED) is 0.690. The van der Waals surface area contributed by atoms with Crippen LogP contribution in [0.4, 0.5) is 0 Å². The summed E-state index contributed by atoms with van der Waals surface area (Å²) in [6, 6.07) is 1.58. The Balaban J connectivity index is 4.28. The molecule has 0 aliphatic rings. The van der Waals surface area contributed by atoms with Gasteiger partial charge in [0.25, 0.3) is 0 Å². The van der Waals surface area contributed by atoms with Gasteiger partial charge in [-0.3, -0.25) is 4.90 Å². The van der Waals surface area contributed by atoms with Crippen molar-refractivity contribution < 1.29 is 4.74 Å². The second-order valence-electron chi connectivity index (χ2n) is 5.34. The maximum absolute atomic E-state index is 5.22. The fraction of sp³-hybridized carbons (Fsp3) is 1.00. The molecule has 0 spiro atoms.